The Morgan fingerprint density at radius 2 is 2.00 bits per heavy atom. The summed E-state index contributed by atoms with van der Waals surface area (Å²) in [6.07, 6.45) is 1.23. The number of rotatable bonds is 2. The van der Waals surface area contributed by atoms with Crippen molar-refractivity contribution in [3.05, 3.63) is 48.0 Å². The van der Waals surface area contributed by atoms with Crippen LogP contribution in [0.15, 0.2) is 42.5 Å². The molecule has 0 aromatic heterocycles. The molecule has 0 radical (unpaired) electrons. The van der Waals surface area contributed by atoms with Crippen LogP contribution in [0.3, 0.4) is 0 Å². The number of anilines is 1. The summed E-state index contributed by atoms with van der Waals surface area (Å²) in [5.74, 6) is 1.92. The minimum Gasteiger partial charge on any atom is -0.495 e. The van der Waals surface area contributed by atoms with Crippen molar-refractivity contribution in [2.24, 2.45) is 0 Å². The van der Waals surface area contributed by atoms with E-state index in [1.165, 1.54) is 0 Å². The highest BCUT2D eigenvalue weighted by atomic mass is 16.6. The van der Waals surface area contributed by atoms with E-state index in [1.807, 2.05) is 42.5 Å². The molecule has 2 aromatic carbocycles. The first-order valence-electron chi connectivity index (χ1n) is 8.13. The molecule has 2 aromatic rings. The van der Waals surface area contributed by atoms with Crippen molar-refractivity contribution >= 4 is 11.6 Å². The first-order valence-corrected chi connectivity index (χ1v) is 8.13. The lowest BCUT2D eigenvalue weighted by molar-refractivity contribution is -0.127. The number of para-hydroxylation sites is 3. The molecule has 124 valence electrons. The fourth-order valence-corrected chi connectivity index (χ4v) is 3.32. The van der Waals surface area contributed by atoms with Crippen molar-refractivity contribution in [3.8, 4) is 17.2 Å². The van der Waals surface area contributed by atoms with Crippen molar-refractivity contribution in [2.75, 3.05) is 25.2 Å². The van der Waals surface area contributed by atoms with Crippen LogP contribution in [0.1, 0.15) is 12.0 Å². The lowest BCUT2D eigenvalue weighted by Gasteiger charge is -2.34. The van der Waals surface area contributed by atoms with Gasteiger partial charge in [-0.05, 0) is 36.6 Å². The van der Waals surface area contributed by atoms with Crippen molar-refractivity contribution in [1.29, 1.82) is 0 Å². The molecule has 4 rings (SSSR count). The van der Waals surface area contributed by atoms with Crippen LogP contribution in [-0.4, -0.2) is 32.3 Å². The number of hydrogen-bond donors (Lipinski definition) is 0. The molecular formula is C19H19NO4. The van der Waals surface area contributed by atoms with Crippen LogP contribution in [0.5, 0.6) is 17.2 Å². The molecule has 0 aliphatic carbocycles. The molecule has 1 atom stereocenters. The number of fused-ring (bicyclic) bond motifs is 2. The van der Waals surface area contributed by atoms with E-state index in [2.05, 4.69) is 0 Å². The van der Waals surface area contributed by atoms with Crippen molar-refractivity contribution < 1.29 is 19.0 Å². The Morgan fingerprint density at radius 3 is 2.83 bits per heavy atom. The number of carbonyl (C=O) groups is 1. The Kier molecular flexibility index (Phi) is 3.76. The van der Waals surface area contributed by atoms with Gasteiger partial charge in [0.2, 0.25) is 6.10 Å². The van der Waals surface area contributed by atoms with Gasteiger partial charge in [-0.3, -0.25) is 4.79 Å². The van der Waals surface area contributed by atoms with Gasteiger partial charge in [0, 0.05) is 6.54 Å². The number of carbonyl (C=O) groups excluding carboxylic acids is 1. The van der Waals surface area contributed by atoms with E-state index >= 15 is 0 Å². The second kappa shape index (κ2) is 6.07. The molecular weight excluding hydrogens is 306 g/mol. The van der Waals surface area contributed by atoms with E-state index in [-0.39, 0.29) is 12.5 Å². The first kappa shape index (κ1) is 14.9. The molecule has 5 nitrogen and oxygen atoms in total. The van der Waals surface area contributed by atoms with E-state index in [0.29, 0.717) is 18.0 Å². The van der Waals surface area contributed by atoms with Crippen LogP contribution >= 0.6 is 0 Å². The smallest absolute Gasteiger partial charge is 0.271 e. The number of amides is 1. The summed E-state index contributed by atoms with van der Waals surface area (Å²) in [6.45, 7) is 0.880. The minimum atomic E-state index is -0.643. The number of benzene rings is 2. The quantitative estimate of drug-likeness (QED) is 0.852. The maximum absolute atomic E-state index is 13.1. The predicted molar refractivity (Wildman–Crippen MR) is 90.0 cm³/mol. The zero-order valence-corrected chi connectivity index (χ0v) is 13.5. The maximum Gasteiger partial charge on any atom is 0.271 e. The van der Waals surface area contributed by atoms with Gasteiger partial charge in [0.25, 0.3) is 5.91 Å². The Labute approximate surface area is 140 Å². The summed E-state index contributed by atoms with van der Waals surface area (Å²) in [5.41, 5.74) is 1.99. The summed E-state index contributed by atoms with van der Waals surface area (Å²) in [4.78, 5) is 14.8. The van der Waals surface area contributed by atoms with E-state index < -0.39 is 6.10 Å². The van der Waals surface area contributed by atoms with Gasteiger partial charge < -0.3 is 19.1 Å². The second-order valence-corrected chi connectivity index (χ2v) is 5.93. The molecule has 0 N–H and O–H groups in total. The molecule has 0 saturated heterocycles. The minimum absolute atomic E-state index is 0.0880. The molecule has 2 aliphatic rings. The van der Waals surface area contributed by atoms with Crippen LogP contribution in [0.25, 0.3) is 0 Å². The van der Waals surface area contributed by atoms with Crippen molar-refractivity contribution in [2.45, 2.75) is 18.9 Å². The van der Waals surface area contributed by atoms with Crippen molar-refractivity contribution in [1.82, 2.24) is 0 Å². The Hall–Kier alpha value is -2.69. The van der Waals surface area contributed by atoms with Gasteiger partial charge in [0.1, 0.15) is 12.4 Å². The van der Waals surface area contributed by atoms with E-state index in [1.54, 1.807) is 12.0 Å². The average molecular weight is 325 g/mol. The summed E-state index contributed by atoms with van der Waals surface area (Å²) in [6, 6.07) is 13.3. The summed E-state index contributed by atoms with van der Waals surface area (Å²) in [7, 11) is 1.63. The highest BCUT2D eigenvalue weighted by molar-refractivity contribution is 5.99. The monoisotopic (exact) mass is 325 g/mol. The zero-order chi connectivity index (χ0) is 16.5. The highest BCUT2D eigenvalue weighted by Gasteiger charge is 2.35. The molecule has 0 saturated carbocycles. The standard InChI is InChI=1S/C19H19NO4/c1-22-16-10-4-6-13-7-5-11-20(18(13)16)19(21)17-12-23-14-8-2-3-9-15(14)24-17/h2-4,6,8-10,17H,5,7,11-12H2,1H3. The molecule has 0 spiro atoms. The van der Waals surface area contributed by atoms with Gasteiger partial charge in [0.05, 0.1) is 12.8 Å². The van der Waals surface area contributed by atoms with Crippen LogP contribution in [0, 0.1) is 0 Å². The Morgan fingerprint density at radius 1 is 1.17 bits per heavy atom. The topological polar surface area (TPSA) is 48.0 Å². The molecule has 5 heteroatoms. The normalized spacial score (nSPS) is 18.7. The van der Waals surface area contributed by atoms with Crippen LogP contribution in [0.4, 0.5) is 5.69 Å². The van der Waals surface area contributed by atoms with Gasteiger partial charge in [-0.1, -0.05) is 24.3 Å². The first-order chi connectivity index (χ1) is 11.8. The molecule has 1 unspecified atom stereocenters. The zero-order valence-electron chi connectivity index (χ0n) is 13.5. The van der Waals surface area contributed by atoms with Crippen molar-refractivity contribution in [3.63, 3.8) is 0 Å². The number of hydrogen-bond acceptors (Lipinski definition) is 4. The number of methoxy groups -OCH3 is 1. The SMILES string of the molecule is COc1cccc2c1N(C(=O)C1COc3ccccc3O1)CCC2. The largest absolute Gasteiger partial charge is 0.495 e. The molecule has 1 amide bonds. The van der Waals surface area contributed by atoms with E-state index in [4.69, 9.17) is 14.2 Å². The third kappa shape index (κ3) is 2.46. The molecule has 24 heavy (non-hydrogen) atoms. The predicted octanol–water partition coefficient (Wildman–Crippen LogP) is 2.81. The Balaban J connectivity index is 1.63. The molecule has 0 bridgehead atoms. The Bertz CT molecular complexity index is 759. The van der Waals surface area contributed by atoms with Gasteiger partial charge in [-0.25, -0.2) is 0 Å². The van der Waals surface area contributed by atoms with Gasteiger partial charge in [0.15, 0.2) is 11.5 Å². The van der Waals surface area contributed by atoms with Gasteiger partial charge in [-0.2, -0.15) is 0 Å². The van der Waals surface area contributed by atoms with Gasteiger partial charge in [-0.15, -0.1) is 0 Å². The number of ether oxygens (including phenoxy) is 3. The van der Waals surface area contributed by atoms with E-state index in [0.717, 1.165) is 29.8 Å². The average Bonchev–Trinajstić information content (AvgIpc) is 2.66. The van der Waals surface area contributed by atoms with Crippen LogP contribution in [0.2, 0.25) is 0 Å². The fraction of sp³-hybridized carbons (Fsp3) is 0.316. The van der Waals surface area contributed by atoms with Gasteiger partial charge >= 0.3 is 0 Å². The summed E-state index contributed by atoms with van der Waals surface area (Å²) >= 11 is 0. The molecule has 0 fully saturated rings. The van der Waals surface area contributed by atoms with Crippen LogP contribution < -0.4 is 19.1 Å². The molecule has 2 heterocycles. The third-order valence-electron chi connectivity index (χ3n) is 4.45. The lowest BCUT2D eigenvalue weighted by atomic mass is 10.0. The summed E-state index contributed by atoms with van der Waals surface area (Å²) < 4.78 is 17.0. The third-order valence-corrected chi connectivity index (χ3v) is 4.45. The summed E-state index contributed by atoms with van der Waals surface area (Å²) in [5, 5.41) is 0. The lowest BCUT2D eigenvalue weighted by Crippen LogP contribution is -2.48. The molecule has 2 aliphatic heterocycles. The van der Waals surface area contributed by atoms with Crippen LogP contribution in [-0.2, 0) is 11.2 Å². The maximum atomic E-state index is 13.1. The number of aryl methyl sites for hydroxylation is 1. The second-order valence-electron chi connectivity index (χ2n) is 5.93. The van der Waals surface area contributed by atoms with E-state index in [9.17, 15) is 4.79 Å². The fourth-order valence-electron chi connectivity index (χ4n) is 3.32. The highest BCUT2D eigenvalue weighted by Crippen LogP contribution is 2.38. The number of nitrogens with zero attached hydrogens (tertiary/aromatic N) is 1.